The van der Waals surface area contributed by atoms with Gasteiger partial charge in [0.15, 0.2) is 0 Å². The van der Waals surface area contributed by atoms with E-state index in [-0.39, 0.29) is 12.5 Å². The van der Waals surface area contributed by atoms with Crippen molar-refractivity contribution in [1.82, 2.24) is 4.90 Å². The first-order valence-electron chi connectivity index (χ1n) is 9.69. The third-order valence-corrected chi connectivity index (χ3v) is 4.54. The van der Waals surface area contributed by atoms with E-state index in [1.165, 1.54) is 0 Å². The summed E-state index contributed by atoms with van der Waals surface area (Å²) in [7, 11) is 0. The summed E-state index contributed by atoms with van der Waals surface area (Å²) in [6.45, 7) is -2.63. The predicted octanol–water partition coefficient (Wildman–Crippen LogP) is 3.70. The number of hydrogen-bond acceptors (Lipinski definition) is 2. The number of likely N-dealkylation sites (N-methyl/N-ethyl adjacent to an activating group) is 1. The second kappa shape index (κ2) is 5.26. The largest absolute Gasteiger partial charge is 0.359 e. The average Bonchev–Trinajstić information content (AvgIpc) is 2.47. The lowest BCUT2D eigenvalue weighted by Gasteiger charge is -2.49. The van der Waals surface area contributed by atoms with Gasteiger partial charge in [-0.05, 0) is 32.3 Å². The van der Waals surface area contributed by atoms with E-state index < -0.39 is 19.3 Å². The predicted molar refractivity (Wildman–Crippen MR) is 78.3 cm³/mol. The van der Waals surface area contributed by atoms with Crippen LogP contribution in [0.1, 0.15) is 56.0 Å². The van der Waals surface area contributed by atoms with E-state index in [1.807, 2.05) is 31.2 Å². The molecule has 3 rings (SSSR count). The van der Waals surface area contributed by atoms with Crippen molar-refractivity contribution in [3.05, 3.63) is 35.4 Å². The molecule has 2 heteroatoms. The smallest absolute Gasteiger partial charge is 0.0995 e. The molecule has 0 aromatic heterocycles. The van der Waals surface area contributed by atoms with Crippen LogP contribution in [0.5, 0.6) is 0 Å². The molecule has 1 aromatic rings. The molecule has 0 amide bonds. The highest BCUT2D eigenvalue weighted by atomic mass is 16.5. The molecule has 1 saturated heterocycles. The van der Waals surface area contributed by atoms with E-state index in [1.54, 1.807) is 0 Å². The minimum Gasteiger partial charge on any atom is -0.359 e. The summed E-state index contributed by atoms with van der Waals surface area (Å²) >= 11 is 0. The molecule has 1 unspecified atom stereocenters. The molecule has 1 atom stereocenters. The minimum absolute atomic E-state index is 0.136. The van der Waals surface area contributed by atoms with E-state index in [0.717, 1.165) is 48.1 Å². The van der Waals surface area contributed by atoms with Gasteiger partial charge in [0.2, 0.25) is 0 Å². The zero-order valence-electron chi connectivity index (χ0n) is 16.5. The van der Waals surface area contributed by atoms with Gasteiger partial charge in [-0.1, -0.05) is 49.1 Å². The minimum atomic E-state index is -2.53. The maximum Gasteiger partial charge on any atom is 0.0995 e. The van der Waals surface area contributed by atoms with Crippen molar-refractivity contribution in [2.45, 2.75) is 50.5 Å². The van der Waals surface area contributed by atoms with Crippen molar-refractivity contribution in [2.24, 2.45) is 0 Å². The molecule has 104 valence electrons. The van der Waals surface area contributed by atoms with Crippen LogP contribution in [0.2, 0.25) is 0 Å². The molecule has 1 heterocycles. The molecule has 1 saturated carbocycles. The van der Waals surface area contributed by atoms with E-state index in [4.69, 9.17) is 11.6 Å². The lowest BCUT2D eigenvalue weighted by molar-refractivity contribution is -0.161. The van der Waals surface area contributed by atoms with Crippen LogP contribution < -0.4 is 0 Å². The van der Waals surface area contributed by atoms with Crippen LogP contribution in [0.4, 0.5) is 0 Å². The van der Waals surface area contributed by atoms with Gasteiger partial charge in [-0.2, -0.15) is 0 Å². The van der Waals surface area contributed by atoms with Crippen molar-refractivity contribution in [3.63, 3.8) is 0 Å². The van der Waals surface area contributed by atoms with Gasteiger partial charge in [0.25, 0.3) is 0 Å². The number of aryl methyl sites for hydroxylation is 1. The van der Waals surface area contributed by atoms with Gasteiger partial charge < -0.3 is 4.74 Å². The number of hydrogen-bond donors (Lipinski definition) is 0. The zero-order valence-corrected chi connectivity index (χ0v) is 11.5. The lowest BCUT2D eigenvalue weighted by Crippen LogP contribution is -2.52. The van der Waals surface area contributed by atoms with Crippen LogP contribution in [0.25, 0.3) is 0 Å². The summed E-state index contributed by atoms with van der Waals surface area (Å²) in [5.74, 6) is -0.136. The van der Waals surface area contributed by atoms with Gasteiger partial charge in [0.1, 0.15) is 0 Å². The van der Waals surface area contributed by atoms with Crippen LogP contribution in [0.3, 0.4) is 0 Å². The maximum atomic E-state index is 8.20. The highest BCUT2D eigenvalue weighted by Crippen LogP contribution is 2.45. The van der Waals surface area contributed by atoms with Crippen LogP contribution in [-0.2, 0) is 4.74 Å². The summed E-state index contributed by atoms with van der Waals surface area (Å²) in [6, 6.07) is 8.10. The highest BCUT2D eigenvalue weighted by molar-refractivity contribution is 5.28. The number of nitrogens with zero attached hydrogens (tertiary/aromatic N) is 1. The van der Waals surface area contributed by atoms with Gasteiger partial charge in [0.05, 0.1) is 15.0 Å². The van der Waals surface area contributed by atoms with Gasteiger partial charge in [0, 0.05) is 16.6 Å². The third kappa shape index (κ3) is 2.56. The second-order valence-corrected chi connectivity index (χ2v) is 5.89. The van der Waals surface area contributed by atoms with Gasteiger partial charge in [-0.15, -0.1) is 0 Å². The molecule has 2 fully saturated rings. The SMILES string of the molecule is [2H]C([2H])([2H])N1CC(c2ccc(C)cc2)C2(CCCCC2)OC1([2H])[2H]. The Morgan fingerprint density at radius 2 is 2.00 bits per heavy atom. The zero-order chi connectivity index (χ0) is 17.6. The molecular formula is C17H25NO. The Morgan fingerprint density at radius 1 is 1.26 bits per heavy atom. The topological polar surface area (TPSA) is 12.5 Å². The first-order valence-corrected chi connectivity index (χ1v) is 7.19. The highest BCUT2D eigenvalue weighted by Gasteiger charge is 2.44. The average molecular weight is 264 g/mol. The molecule has 0 N–H and O–H groups in total. The van der Waals surface area contributed by atoms with Crippen LogP contribution >= 0.6 is 0 Å². The third-order valence-electron chi connectivity index (χ3n) is 4.54. The van der Waals surface area contributed by atoms with Gasteiger partial charge in [-0.3, -0.25) is 4.90 Å². The van der Waals surface area contributed by atoms with Crippen LogP contribution in [0, 0.1) is 6.92 Å². The summed E-state index contributed by atoms with van der Waals surface area (Å²) in [5, 5.41) is 0. The lowest BCUT2D eigenvalue weighted by atomic mass is 9.71. The summed E-state index contributed by atoms with van der Waals surface area (Å²) in [4.78, 5) is 0.893. The Bertz CT molecular complexity index is 578. The Balaban J connectivity index is 2.02. The first kappa shape index (κ1) is 8.43. The fourth-order valence-corrected chi connectivity index (χ4v) is 3.41. The second-order valence-electron chi connectivity index (χ2n) is 5.89. The molecule has 1 aliphatic heterocycles. The van der Waals surface area contributed by atoms with E-state index >= 15 is 0 Å². The Hall–Kier alpha value is -0.860. The summed E-state index contributed by atoms with van der Waals surface area (Å²) in [5.41, 5.74) is 1.57. The molecule has 1 aliphatic carbocycles. The van der Waals surface area contributed by atoms with E-state index in [2.05, 4.69) is 0 Å². The molecule has 0 radical (unpaired) electrons. The molecule has 1 aromatic carbocycles. The Kier molecular flexibility index (Phi) is 2.33. The number of ether oxygens (including phenoxy) is 1. The van der Waals surface area contributed by atoms with Crippen molar-refractivity contribution < 1.29 is 11.6 Å². The normalized spacial score (nSPS) is 34.8. The van der Waals surface area contributed by atoms with Crippen molar-refractivity contribution >= 4 is 0 Å². The van der Waals surface area contributed by atoms with Crippen LogP contribution in [0.15, 0.2) is 24.3 Å². The van der Waals surface area contributed by atoms with E-state index in [9.17, 15) is 0 Å². The van der Waals surface area contributed by atoms with Crippen molar-refractivity contribution in [1.29, 1.82) is 0 Å². The summed E-state index contributed by atoms with van der Waals surface area (Å²) < 4.78 is 45.5. The van der Waals surface area contributed by atoms with Gasteiger partial charge in [-0.25, -0.2) is 0 Å². The van der Waals surface area contributed by atoms with Crippen molar-refractivity contribution in [2.75, 3.05) is 20.2 Å². The fraction of sp³-hybridized carbons (Fsp3) is 0.647. The molecule has 19 heavy (non-hydrogen) atoms. The molecule has 2 nitrogen and oxygen atoms in total. The number of rotatable bonds is 1. The van der Waals surface area contributed by atoms with Crippen molar-refractivity contribution in [3.8, 4) is 0 Å². The molecule has 2 aliphatic rings. The van der Waals surface area contributed by atoms with Gasteiger partial charge >= 0.3 is 0 Å². The van der Waals surface area contributed by atoms with Crippen LogP contribution in [-0.4, -0.2) is 30.7 Å². The molecule has 0 bridgehead atoms. The maximum absolute atomic E-state index is 8.20. The summed E-state index contributed by atoms with van der Waals surface area (Å²) in [6.07, 6.45) is 4.66. The fourth-order valence-electron chi connectivity index (χ4n) is 3.41. The number of benzene rings is 1. The Morgan fingerprint density at radius 3 is 2.68 bits per heavy atom. The molecular weight excluding hydrogens is 234 g/mol. The monoisotopic (exact) mass is 264 g/mol. The first-order chi connectivity index (χ1) is 11.1. The quantitative estimate of drug-likeness (QED) is 0.767. The molecule has 1 spiro atoms. The standard InChI is InChI=1S/C17H25NO/c1-14-6-8-15(9-7-14)16-12-18(2)13-19-17(16)10-4-3-5-11-17/h6-9,16H,3-5,10-13H2,1-2H3/i2D3,13D2. The Labute approximate surface area is 123 Å². The van der Waals surface area contributed by atoms with E-state index in [0.29, 0.717) is 0 Å².